The number of rotatable bonds is 0. The first-order chi connectivity index (χ1) is 25.8. The number of aromatic nitrogens is 2. The van der Waals surface area contributed by atoms with Crippen molar-refractivity contribution in [2.24, 2.45) is 0 Å². The van der Waals surface area contributed by atoms with E-state index >= 15 is 0 Å². The maximum Gasteiger partial charge on any atom is 0.0979 e. The quantitative estimate of drug-likeness (QED) is 0.121. The van der Waals surface area contributed by atoms with Crippen molar-refractivity contribution in [1.29, 1.82) is 0 Å². The zero-order valence-corrected chi connectivity index (χ0v) is 27.4. The molecule has 0 unspecified atom stereocenters. The molecule has 0 amide bonds. The van der Waals surface area contributed by atoms with E-state index in [1.807, 2.05) is 0 Å². The molecule has 230 valence electrons. The van der Waals surface area contributed by atoms with Crippen LogP contribution in [0.25, 0.3) is 162 Å². The van der Waals surface area contributed by atoms with Gasteiger partial charge in [-0.3, -0.25) is 0 Å². The van der Waals surface area contributed by atoms with Crippen molar-refractivity contribution in [1.82, 2.24) is 9.97 Å². The maximum atomic E-state index is 5.39. The van der Waals surface area contributed by atoms with Crippen LogP contribution in [0.15, 0.2) is 121 Å². The van der Waals surface area contributed by atoms with Crippen LogP contribution in [0.4, 0.5) is 0 Å². The summed E-state index contributed by atoms with van der Waals surface area (Å²) in [7, 11) is 0. The summed E-state index contributed by atoms with van der Waals surface area (Å²) < 4.78 is 0. The molecule has 1 heterocycles. The number of hydrogen-bond acceptors (Lipinski definition) is 2. The Hall–Kier alpha value is -6.90. The molecule has 16 rings (SSSR count). The second kappa shape index (κ2) is 7.42. The van der Waals surface area contributed by atoms with Crippen molar-refractivity contribution in [2.45, 2.75) is 0 Å². The first-order valence-corrected chi connectivity index (χ1v) is 18.3. The van der Waals surface area contributed by atoms with Crippen LogP contribution in [0.1, 0.15) is 0 Å². The maximum absolute atomic E-state index is 5.39. The van der Waals surface area contributed by atoms with E-state index in [0.717, 1.165) is 22.1 Å². The highest BCUT2D eigenvalue weighted by Gasteiger charge is 2.32. The Morgan fingerprint density at radius 3 is 0.769 bits per heavy atom. The van der Waals surface area contributed by atoms with Crippen LogP contribution in [-0.4, -0.2) is 9.97 Å². The first kappa shape index (κ1) is 24.3. The van der Waals surface area contributed by atoms with Gasteiger partial charge in [-0.05, 0) is 131 Å². The fraction of sp³-hybridized carbons (Fsp3) is 0. The number of benzene rings is 15. The van der Waals surface area contributed by atoms with E-state index < -0.39 is 0 Å². The van der Waals surface area contributed by atoms with Crippen LogP contribution in [-0.2, 0) is 0 Å². The van der Waals surface area contributed by atoms with Gasteiger partial charge >= 0.3 is 0 Å². The second-order valence-electron chi connectivity index (χ2n) is 15.4. The predicted molar refractivity (Wildman–Crippen MR) is 223 cm³/mol. The van der Waals surface area contributed by atoms with Gasteiger partial charge in [0, 0.05) is 21.5 Å². The summed E-state index contributed by atoms with van der Waals surface area (Å²) >= 11 is 0. The normalized spacial score (nSPS) is 13.8. The molecule has 2 nitrogen and oxygen atoms in total. The minimum Gasteiger partial charge on any atom is -0.244 e. The molecule has 0 spiro atoms. The third kappa shape index (κ3) is 2.21. The molecule has 0 aliphatic rings. The zero-order valence-electron chi connectivity index (χ0n) is 27.4. The highest BCUT2D eigenvalue weighted by molar-refractivity contribution is 6.62. The molecule has 52 heavy (non-hydrogen) atoms. The van der Waals surface area contributed by atoms with Crippen molar-refractivity contribution in [3.05, 3.63) is 121 Å². The third-order valence-corrected chi connectivity index (χ3v) is 13.5. The van der Waals surface area contributed by atoms with Gasteiger partial charge in [0.15, 0.2) is 0 Å². The van der Waals surface area contributed by atoms with E-state index in [9.17, 15) is 0 Å². The van der Waals surface area contributed by atoms with Crippen LogP contribution in [0, 0.1) is 0 Å². The van der Waals surface area contributed by atoms with E-state index in [2.05, 4.69) is 121 Å². The largest absolute Gasteiger partial charge is 0.244 e. The first-order valence-electron chi connectivity index (χ1n) is 18.3. The molecule has 0 fully saturated rings. The summed E-state index contributed by atoms with van der Waals surface area (Å²) in [4.78, 5) is 10.8. The molecule has 16 aromatic rings. The third-order valence-electron chi connectivity index (χ3n) is 13.5. The van der Waals surface area contributed by atoms with Crippen LogP contribution in [0.3, 0.4) is 0 Å². The Bertz CT molecular complexity index is 3940. The smallest absolute Gasteiger partial charge is 0.0979 e. The Balaban J connectivity index is 1.41. The van der Waals surface area contributed by atoms with Gasteiger partial charge in [0.25, 0.3) is 0 Å². The summed E-state index contributed by atoms with van der Waals surface area (Å²) in [5, 5.41) is 35.5. The molecule has 0 aliphatic heterocycles. The molecule has 0 aliphatic carbocycles. The Labute approximate surface area is 292 Å². The highest BCUT2D eigenvalue weighted by Crippen LogP contribution is 2.61. The topological polar surface area (TPSA) is 25.8 Å². The minimum atomic E-state index is 0.937. The lowest BCUT2D eigenvalue weighted by molar-refractivity contribution is 1.42. The van der Waals surface area contributed by atoms with Crippen LogP contribution < -0.4 is 0 Å². The monoisotopic (exact) mass is 648 g/mol. The van der Waals surface area contributed by atoms with Gasteiger partial charge in [0.1, 0.15) is 0 Å². The SMILES string of the molecule is c1ccc2nc3c4ccc5c6cccc7c8cccc9c%10cccc%11c%12cccc%13c%14ccc(c3nc2c1)c1c4c5c2c(c76)c(c98)c(c%10%11)c(c%12%13)c2c%141. The molecule has 0 bridgehead atoms. The summed E-state index contributed by atoms with van der Waals surface area (Å²) in [5.41, 5.74) is 3.86. The molecule has 1 aromatic heterocycles. The fourth-order valence-electron chi connectivity index (χ4n) is 11.8. The van der Waals surface area contributed by atoms with Gasteiger partial charge in [-0.25, -0.2) is 9.97 Å². The minimum absolute atomic E-state index is 0.937. The summed E-state index contributed by atoms with van der Waals surface area (Å²) in [6.07, 6.45) is 0. The summed E-state index contributed by atoms with van der Waals surface area (Å²) in [5.74, 6) is 0. The number of fused-ring (bicyclic) bond motifs is 9. The lowest BCUT2D eigenvalue weighted by Crippen LogP contribution is -2.01. The van der Waals surface area contributed by atoms with Gasteiger partial charge in [-0.1, -0.05) is 109 Å². The molecule has 0 saturated carbocycles. The fourth-order valence-corrected chi connectivity index (χ4v) is 11.8. The molecule has 0 N–H and O–H groups in total. The lowest BCUT2D eigenvalue weighted by atomic mass is 9.72. The van der Waals surface area contributed by atoms with Gasteiger partial charge in [0.2, 0.25) is 0 Å². The van der Waals surface area contributed by atoms with Crippen molar-refractivity contribution in [2.75, 3.05) is 0 Å². The van der Waals surface area contributed by atoms with E-state index in [0.29, 0.717) is 0 Å². The van der Waals surface area contributed by atoms with Crippen molar-refractivity contribution in [3.63, 3.8) is 0 Å². The van der Waals surface area contributed by atoms with E-state index in [1.165, 1.54) is 140 Å². The average Bonchev–Trinajstić information content (AvgIpc) is 3.20. The molecule has 15 aromatic carbocycles. The molecule has 2 heteroatoms. The molecule has 0 atom stereocenters. The standard InChI is InChI=1S/C50H20N2/c1-2-16-34-33(15-1)51-49-31-19-17-29-27-13-5-11-25-23-9-3-7-21-22-8-4-10-24-26-12-6-14-28-30-18-20-32(50(49)52-34)42-40(30)48-46(38(26)28)44(36(22)24)43(35(21)23)45(37(25)27)47(48)39(29)41(31)42/h1-20H. The molecule has 0 radical (unpaired) electrons. The van der Waals surface area contributed by atoms with Crippen LogP contribution in [0.2, 0.25) is 0 Å². The van der Waals surface area contributed by atoms with Crippen molar-refractivity contribution >= 4 is 162 Å². The molecular formula is C50H20N2. The van der Waals surface area contributed by atoms with Crippen LogP contribution in [0.5, 0.6) is 0 Å². The summed E-state index contributed by atoms with van der Waals surface area (Å²) in [6, 6.07) is 45.9. The van der Waals surface area contributed by atoms with Gasteiger partial charge in [0.05, 0.1) is 22.1 Å². The highest BCUT2D eigenvalue weighted by atomic mass is 14.8. The molecule has 0 saturated heterocycles. The summed E-state index contributed by atoms with van der Waals surface area (Å²) in [6.45, 7) is 0. The van der Waals surface area contributed by atoms with Crippen molar-refractivity contribution < 1.29 is 0 Å². The number of para-hydroxylation sites is 2. The lowest BCUT2D eigenvalue weighted by Gasteiger charge is -2.29. The van der Waals surface area contributed by atoms with E-state index in [1.54, 1.807) is 0 Å². The van der Waals surface area contributed by atoms with Gasteiger partial charge in [-0.2, -0.15) is 0 Å². The van der Waals surface area contributed by atoms with E-state index in [-0.39, 0.29) is 0 Å². The molecular weight excluding hydrogens is 629 g/mol. The Morgan fingerprint density at radius 1 is 0.192 bits per heavy atom. The number of nitrogens with zero attached hydrogens (tertiary/aromatic N) is 2. The van der Waals surface area contributed by atoms with Gasteiger partial charge in [-0.15, -0.1) is 0 Å². The van der Waals surface area contributed by atoms with Crippen molar-refractivity contribution in [3.8, 4) is 0 Å². The Kier molecular flexibility index (Phi) is 3.46. The van der Waals surface area contributed by atoms with E-state index in [4.69, 9.17) is 9.97 Å². The number of hydrogen-bond donors (Lipinski definition) is 0. The van der Waals surface area contributed by atoms with Gasteiger partial charge < -0.3 is 0 Å². The predicted octanol–water partition coefficient (Wildman–Crippen LogP) is 13.8. The second-order valence-corrected chi connectivity index (χ2v) is 15.4. The Morgan fingerprint density at radius 2 is 0.442 bits per heavy atom. The van der Waals surface area contributed by atoms with Crippen LogP contribution >= 0.6 is 0 Å². The zero-order chi connectivity index (χ0) is 32.9. The average molecular weight is 649 g/mol.